The van der Waals surface area contributed by atoms with Gasteiger partial charge in [0, 0.05) is 29.2 Å². The van der Waals surface area contributed by atoms with Crippen LogP contribution in [-0.2, 0) is 6.42 Å². The van der Waals surface area contributed by atoms with Crippen molar-refractivity contribution in [2.45, 2.75) is 46.0 Å². The first-order valence-corrected chi connectivity index (χ1v) is 6.95. The molecule has 0 aromatic carbocycles. The van der Waals surface area contributed by atoms with Gasteiger partial charge in [0.25, 0.3) is 0 Å². The van der Waals surface area contributed by atoms with Gasteiger partial charge in [-0.05, 0) is 43.0 Å². The third-order valence-corrected chi connectivity index (χ3v) is 3.45. The molecule has 100 valence electrons. The van der Waals surface area contributed by atoms with E-state index in [-0.39, 0.29) is 0 Å². The van der Waals surface area contributed by atoms with Crippen LogP contribution in [0.4, 0.5) is 0 Å². The van der Waals surface area contributed by atoms with Crippen molar-refractivity contribution < 1.29 is 0 Å². The Kier molecular flexibility index (Phi) is 4.31. The fraction of sp³-hybridized carbons (Fsp3) is 0.412. The third kappa shape index (κ3) is 3.40. The van der Waals surface area contributed by atoms with Gasteiger partial charge in [-0.3, -0.25) is 9.97 Å². The first kappa shape index (κ1) is 13.7. The molecular formula is C17H22N2. The second-order valence-electron chi connectivity index (χ2n) is 5.52. The van der Waals surface area contributed by atoms with Crippen LogP contribution in [0.5, 0.6) is 0 Å². The zero-order valence-corrected chi connectivity index (χ0v) is 12.2. The normalized spacial score (nSPS) is 12.7. The first-order chi connectivity index (χ1) is 9.08. The van der Waals surface area contributed by atoms with Gasteiger partial charge in [0.05, 0.1) is 0 Å². The van der Waals surface area contributed by atoms with Crippen molar-refractivity contribution in [3.8, 4) is 0 Å². The largest absolute Gasteiger partial charge is 0.261 e. The van der Waals surface area contributed by atoms with Gasteiger partial charge in [-0.25, -0.2) is 0 Å². The van der Waals surface area contributed by atoms with Gasteiger partial charge in [0.1, 0.15) is 0 Å². The Hall–Kier alpha value is -1.70. The maximum absolute atomic E-state index is 4.74. The zero-order valence-electron chi connectivity index (χ0n) is 12.2. The quantitative estimate of drug-likeness (QED) is 0.815. The Morgan fingerprint density at radius 2 is 1.84 bits per heavy atom. The minimum Gasteiger partial charge on any atom is -0.261 e. The van der Waals surface area contributed by atoms with E-state index in [1.54, 1.807) is 0 Å². The van der Waals surface area contributed by atoms with Crippen molar-refractivity contribution in [3.05, 3.63) is 59.2 Å². The lowest BCUT2D eigenvalue weighted by Crippen LogP contribution is -2.06. The molecule has 19 heavy (non-hydrogen) atoms. The highest BCUT2D eigenvalue weighted by Gasteiger charge is 2.12. The van der Waals surface area contributed by atoms with Crippen LogP contribution < -0.4 is 0 Å². The molecule has 0 aliphatic carbocycles. The van der Waals surface area contributed by atoms with Crippen molar-refractivity contribution in [3.63, 3.8) is 0 Å². The van der Waals surface area contributed by atoms with Crippen molar-refractivity contribution in [1.29, 1.82) is 0 Å². The SMILES string of the molecule is Cc1cccnc1C(C)Cc1cccc(C(C)C)n1. The third-order valence-electron chi connectivity index (χ3n) is 3.45. The summed E-state index contributed by atoms with van der Waals surface area (Å²) in [7, 11) is 0. The Labute approximate surface area is 115 Å². The van der Waals surface area contributed by atoms with Crippen molar-refractivity contribution in [2.24, 2.45) is 0 Å². The van der Waals surface area contributed by atoms with E-state index in [4.69, 9.17) is 4.98 Å². The zero-order chi connectivity index (χ0) is 13.8. The van der Waals surface area contributed by atoms with Gasteiger partial charge >= 0.3 is 0 Å². The van der Waals surface area contributed by atoms with E-state index in [9.17, 15) is 0 Å². The minimum absolute atomic E-state index is 0.399. The second kappa shape index (κ2) is 5.96. The molecule has 0 saturated carbocycles. The molecule has 0 aliphatic heterocycles. The second-order valence-corrected chi connectivity index (χ2v) is 5.52. The number of hydrogen-bond donors (Lipinski definition) is 0. The Morgan fingerprint density at radius 3 is 2.53 bits per heavy atom. The molecule has 2 rings (SSSR count). The lowest BCUT2D eigenvalue weighted by Gasteiger charge is -2.14. The molecular weight excluding hydrogens is 232 g/mol. The molecule has 0 aliphatic rings. The molecule has 0 fully saturated rings. The Balaban J connectivity index is 2.17. The smallest absolute Gasteiger partial charge is 0.0464 e. The van der Waals surface area contributed by atoms with E-state index in [0.29, 0.717) is 11.8 Å². The summed E-state index contributed by atoms with van der Waals surface area (Å²) in [6, 6.07) is 10.4. The van der Waals surface area contributed by atoms with Crippen LogP contribution in [0.15, 0.2) is 36.5 Å². The molecule has 0 amide bonds. The average molecular weight is 254 g/mol. The molecule has 0 N–H and O–H groups in total. The summed E-state index contributed by atoms with van der Waals surface area (Å²) in [6.45, 7) is 8.70. The van der Waals surface area contributed by atoms with Gasteiger partial charge < -0.3 is 0 Å². The van der Waals surface area contributed by atoms with E-state index >= 15 is 0 Å². The molecule has 2 nitrogen and oxygen atoms in total. The topological polar surface area (TPSA) is 25.8 Å². The van der Waals surface area contributed by atoms with Crippen LogP contribution in [0.3, 0.4) is 0 Å². The maximum Gasteiger partial charge on any atom is 0.0464 e. The highest BCUT2D eigenvalue weighted by atomic mass is 14.7. The fourth-order valence-corrected chi connectivity index (χ4v) is 2.36. The number of hydrogen-bond acceptors (Lipinski definition) is 2. The standard InChI is InChI=1S/C17H22N2/c1-12(2)16-9-5-8-15(19-16)11-14(4)17-13(3)7-6-10-18-17/h5-10,12,14H,11H2,1-4H3. The molecule has 2 aromatic rings. The van der Waals surface area contributed by atoms with Gasteiger partial charge in [-0.2, -0.15) is 0 Å². The number of rotatable bonds is 4. The lowest BCUT2D eigenvalue weighted by atomic mass is 9.97. The summed E-state index contributed by atoms with van der Waals surface area (Å²) < 4.78 is 0. The van der Waals surface area contributed by atoms with Gasteiger partial charge in [-0.1, -0.05) is 32.9 Å². The van der Waals surface area contributed by atoms with Crippen molar-refractivity contribution in [2.75, 3.05) is 0 Å². The monoisotopic (exact) mass is 254 g/mol. The maximum atomic E-state index is 4.74. The van der Waals surface area contributed by atoms with Crippen molar-refractivity contribution >= 4 is 0 Å². The molecule has 0 bridgehead atoms. The number of aromatic nitrogens is 2. The minimum atomic E-state index is 0.399. The predicted molar refractivity (Wildman–Crippen MR) is 79.4 cm³/mol. The molecule has 1 unspecified atom stereocenters. The Bertz CT molecular complexity index is 546. The highest BCUT2D eigenvalue weighted by Crippen LogP contribution is 2.21. The molecule has 2 heterocycles. The first-order valence-electron chi connectivity index (χ1n) is 6.95. The highest BCUT2D eigenvalue weighted by molar-refractivity contribution is 5.23. The average Bonchev–Trinajstić information content (AvgIpc) is 2.39. The van der Waals surface area contributed by atoms with Crippen molar-refractivity contribution in [1.82, 2.24) is 9.97 Å². The molecule has 0 radical (unpaired) electrons. The number of nitrogens with zero attached hydrogens (tertiary/aromatic N) is 2. The molecule has 1 atom stereocenters. The lowest BCUT2D eigenvalue weighted by molar-refractivity contribution is 0.698. The van der Waals surface area contributed by atoms with Crippen LogP contribution in [-0.4, -0.2) is 9.97 Å². The predicted octanol–water partition coefficient (Wildman–Crippen LogP) is 4.25. The molecule has 0 saturated heterocycles. The molecule has 2 heteroatoms. The van der Waals surface area contributed by atoms with E-state index in [1.165, 1.54) is 17.0 Å². The van der Waals surface area contributed by atoms with E-state index in [2.05, 4.69) is 56.9 Å². The summed E-state index contributed by atoms with van der Waals surface area (Å²) in [4.78, 5) is 9.24. The van der Waals surface area contributed by atoms with E-state index < -0.39 is 0 Å². The Morgan fingerprint density at radius 1 is 1.05 bits per heavy atom. The number of aryl methyl sites for hydroxylation is 1. The molecule has 0 spiro atoms. The van der Waals surface area contributed by atoms with Crippen LogP contribution in [0.25, 0.3) is 0 Å². The summed E-state index contributed by atoms with van der Waals surface area (Å²) >= 11 is 0. The summed E-state index contributed by atoms with van der Waals surface area (Å²) in [5, 5.41) is 0. The summed E-state index contributed by atoms with van der Waals surface area (Å²) in [6.07, 6.45) is 2.81. The van der Waals surface area contributed by atoms with Crippen LogP contribution >= 0.6 is 0 Å². The summed E-state index contributed by atoms with van der Waals surface area (Å²) in [5.41, 5.74) is 4.76. The molecule has 2 aromatic heterocycles. The van der Waals surface area contributed by atoms with Crippen LogP contribution in [0.1, 0.15) is 55.3 Å². The fourth-order valence-electron chi connectivity index (χ4n) is 2.36. The van der Waals surface area contributed by atoms with Gasteiger partial charge in [0.2, 0.25) is 0 Å². The van der Waals surface area contributed by atoms with E-state index in [1.807, 2.05) is 12.3 Å². The summed E-state index contributed by atoms with van der Waals surface area (Å²) in [5.74, 6) is 0.878. The van der Waals surface area contributed by atoms with Crippen LogP contribution in [0.2, 0.25) is 0 Å². The van der Waals surface area contributed by atoms with Crippen LogP contribution in [0, 0.1) is 6.92 Å². The van der Waals surface area contributed by atoms with E-state index in [0.717, 1.165) is 12.1 Å². The van der Waals surface area contributed by atoms with Gasteiger partial charge in [0.15, 0.2) is 0 Å². The van der Waals surface area contributed by atoms with Gasteiger partial charge in [-0.15, -0.1) is 0 Å². The number of pyridine rings is 2.